The average Bonchev–Trinajstić information content (AvgIpc) is 3.77. The van der Waals surface area contributed by atoms with E-state index in [1.54, 1.807) is 0 Å². The van der Waals surface area contributed by atoms with Crippen molar-refractivity contribution < 1.29 is 0 Å². The maximum absolute atomic E-state index is 4.70. The van der Waals surface area contributed by atoms with Gasteiger partial charge in [-0.25, -0.2) is 0 Å². The van der Waals surface area contributed by atoms with E-state index < -0.39 is 0 Å². The first-order chi connectivity index (χ1) is 24.8. The molecule has 10 rings (SSSR count). The highest BCUT2D eigenvalue weighted by Crippen LogP contribution is 2.42. The standard InChI is InChI=1S/C46H28N2S2/c1-3-19-43-39(13-1)41-17-7-15-37(45(41)49-43)31-11-5-9-29(21-31)33-23-35(27-47-25-33)36-24-34(26-48-28-36)30-10-6-12-32(22-30)38-16-8-18-42-40-14-2-4-20-44(40)50-46(38)42/h1-28H. The minimum absolute atomic E-state index is 1.04. The van der Waals surface area contributed by atoms with Crippen molar-refractivity contribution in [1.82, 2.24) is 9.97 Å². The number of hydrogen-bond acceptors (Lipinski definition) is 4. The summed E-state index contributed by atoms with van der Waals surface area (Å²) < 4.78 is 5.29. The Balaban J connectivity index is 0.996. The molecule has 10 aromatic rings. The van der Waals surface area contributed by atoms with Gasteiger partial charge in [0, 0.05) is 87.4 Å². The average molecular weight is 673 g/mol. The monoisotopic (exact) mass is 672 g/mol. The zero-order valence-electron chi connectivity index (χ0n) is 26.9. The SMILES string of the molecule is c1cc(-c2cncc(-c3cncc(-c4cccc(-c5cccc6c5sc5ccccc56)c4)c3)c2)cc(-c2cccc3c2sc2ccccc23)c1. The van der Waals surface area contributed by atoms with Crippen LogP contribution in [0.2, 0.25) is 0 Å². The minimum atomic E-state index is 1.04. The summed E-state index contributed by atoms with van der Waals surface area (Å²) in [4.78, 5) is 9.39. The topological polar surface area (TPSA) is 25.8 Å². The van der Waals surface area contributed by atoms with Crippen molar-refractivity contribution in [1.29, 1.82) is 0 Å². The fourth-order valence-electron chi connectivity index (χ4n) is 7.19. The van der Waals surface area contributed by atoms with Crippen molar-refractivity contribution in [2.45, 2.75) is 0 Å². The maximum atomic E-state index is 4.70. The normalized spacial score (nSPS) is 11.6. The van der Waals surface area contributed by atoms with Crippen molar-refractivity contribution in [2.24, 2.45) is 0 Å². The molecular formula is C46H28N2S2. The Kier molecular flexibility index (Phi) is 6.90. The molecule has 234 valence electrons. The zero-order valence-corrected chi connectivity index (χ0v) is 28.5. The molecule has 50 heavy (non-hydrogen) atoms. The van der Waals surface area contributed by atoms with Crippen LogP contribution in [0.3, 0.4) is 0 Å². The Morgan fingerprint density at radius 3 is 1.14 bits per heavy atom. The molecule has 0 fully saturated rings. The van der Waals surface area contributed by atoms with E-state index in [1.165, 1.54) is 62.6 Å². The van der Waals surface area contributed by atoms with Gasteiger partial charge in [0.2, 0.25) is 0 Å². The van der Waals surface area contributed by atoms with Crippen LogP contribution in [0.1, 0.15) is 0 Å². The molecule has 0 aliphatic heterocycles. The molecule has 0 aliphatic rings. The fourth-order valence-corrected chi connectivity index (χ4v) is 9.67. The predicted octanol–water partition coefficient (Wildman–Crippen LogP) is 13.5. The number of pyridine rings is 2. The van der Waals surface area contributed by atoms with Crippen LogP contribution in [0, 0.1) is 0 Å². The molecule has 0 unspecified atom stereocenters. The molecule has 4 heteroatoms. The molecule has 4 heterocycles. The summed E-state index contributed by atoms with van der Waals surface area (Å²) in [6.45, 7) is 0. The van der Waals surface area contributed by atoms with Crippen LogP contribution in [-0.4, -0.2) is 9.97 Å². The van der Waals surface area contributed by atoms with Gasteiger partial charge in [-0.15, -0.1) is 22.7 Å². The molecule has 0 spiro atoms. The zero-order chi connectivity index (χ0) is 33.0. The Morgan fingerprint density at radius 1 is 0.300 bits per heavy atom. The van der Waals surface area contributed by atoms with Gasteiger partial charge < -0.3 is 0 Å². The Labute approximate surface area is 297 Å². The van der Waals surface area contributed by atoms with Crippen molar-refractivity contribution >= 4 is 63.0 Å². The Hall–Kier alpha value is -5.94. The number of benzene rings is 6. The lowest BCUT2D eigenvalue weighted by molar-refractivity contribution is 1.30. The highest BCUT2D eigenvalue weighted by molar-refractivity contribution is 7.26. The third kappa shape index (κ3) is 4.92. The number of nitrogens with zero attached hydrogens (tertiary/aromatic N) is 2. The first-order valence-corrected chi connectivity index (χ1v) is 18.3. The molecule has 4 aromatic heterocycles. The summed E-state index contributed by atoms with van der Waals surface area (Å²) >= 11 is 3.73. The van der Waals surface area contributed by atoms with Gasteiger partial charge in [-0.2, -0.15) is 0 Å². The molecule has 0 saturated heterocycles. The molecule has 0 N–H and O–H groups in total. The number of thiophene rings is 2. The first kappa shape index (κ1) is 29.0. The summed E-state index contributed by atoms with van der Waals surface area (Å²) in [5.41, 5.74) is 11.5. The molecule has 0 amide bonds. The van der Waals surface area contributed by atoms with Gasteiger partial charge in [0.15, 0.2) is 0 Å². The van der Waals surface area contributed by atoms with Gasteiger partial charge >= 0.3 is 0 Å². The van der Waals surface area contributed by atoms with Crippen LogP contribution in [0.15, 0.2) is 170 Å². The summed E-state index contributed by atoms with van der Waals surface area (Å²) in [6.07, 6.45) is 7.78. The maximum Gasteiger partial charge on any atom is 0.0433 e. The van der Waals surface area contributed by atoms with Crippen LogP contribution in [0.5, 0.6) is 0 Å². The summed E-state index contributed by atoms with van der Waals surface area (Å²) in [5, 5.41) is 5.26. The van der Waals surface area contributed by atoms with Crippen molar-refractivity contribution in [3.8, 4) is 55.6 Å². The van der Waals surface area contributed by atoms with E-state index in [0.717, 1.165) is 33.4 Å². The molecule has 0 radical (unpaired) electrons. The number of fused-ring (bicyclic) bond motifs is 6. The molecule has 0 saturated carbocycles. The molecular weight excluding hydrogens is 645 g/mol. The largest absolute Gasteiger partial charge is 0.263 e. The van der Waals surface area contributed by atoms with Crippen LogP contribution < -0.4 is 0 Å². The molecule has 6 aromatic carbocycles. The molecule has 0 aliphatic carbocycles. The highest BCUT2D eigenvalue weighted by atomic mass is 32.1. The van der Waals surface area contributed by atoms with Crippen LogP contribution in [0.25, 0.3) is 96.0 Å². The van der Waals surface area contributed by atoms with Crippen LogP contribution in [0.4, 0.5) is 0 Å². The predicted molar refractivity (Wildman–Crippen MR) is 215 cm³/mol. The number of aromatic nitrogens is 2. The highest BCUT2D eigenvalue weighted by Gasteiger charge is 2.13. The van der Waals surface area contributed by atoms with E-state index in [-0.39, 0.29) is 0 Å². The van der Waals surface area contributed by atoms with E-state index in [1.807, 2.05) is 47.5 Å². The second kappa shape index (κ2) is 11.9. The van der Waals surface area contributed by atoms with Gasteiger partial charge in [-0.1, -0.05) is 109 Å². The summed E-state index contributed by atoms with van der Waals surface area (Å²) in [7, 11) is 0. The number of rotatable bonds is 5. The van der Waals surface area contributed by atoms with E-state index in [4.69, 9.17) is 9.97 Å². The smallest absolute Gasteiger partial charge is 0.0433 e. The van der Waals surface area contributed by atoms with Gasteiger partial charge in [0.1, 0.15) is 0 Å². The second-order valence-electron chi connectivity index (χ2n) is 12.6. The van der Waals surface area contributed by atoms with E-state index in [0.29, 0.717) is 0 Å². The van der Waals surface area contributed by atoms with E-state index >= 15 is 0 Å². The lowest BCUT2D eigenvalue weighted by Gasteiger charge is -2.10. The Morgan fingerprint density at radius 2 is 0.660 bits per heavy atom. The van der Waals surface area contributed by atoms with Gasteiger partial charge in [-0.3, -0.25) is 9.97 Å². The first-order valence-electron chi connectivity index (χ1n) is 16.7. The van der Waals surface area contributed by atoms with E-state index in [9.17, 15) is 0 Å². The van der Waals surface area contributed by atoms with Crippen molar-refractivity contribution in [2.75, 3.05) is 0 Å². The van der Waals surface area contributed by atoms with Crippen molar-refractivity contribution in [3.05, 3.63) is 170 Å². The molecule has 0 bridgehead atoms. The van der Waals surface area contributed by atoms with Gasteiger partial charge in [0.05, 0.1) is 0 Å². The molecule has 2 nitrogen and oxygen atoms in total. The fraction of sp³-hybridized carbons (Fsp3) is 0. The third-order valence-corrected chi connectivity index (χ3v) is 12.1. The lowest BCUT2D eigenvalue weighted by Crippen LogP contribution is -1.88. The van der Waals surface area contributed by atoms with Gasteiger partial charge in [0.25, 0.3) is 0 Å². The van der Waals surface area contributed by atoms with Gasteiger partial charge in [-0.05, 0) is 69.8 Å². The molecule has 0 atom stereocenters. The van der Waals surface area contributed by atoms with Crippen LogP contribution in [-0.2, 0) is 0 Å². The van der Waals surface area contributed by atoms with E-state index in [2.05, 4.69) is 146 Å². The quantitative estimate of drug-likeness (QED) is 0.182. The third-order valence-electron chi connectivity index (χ3n) is 9.63. The van der Waals surface area contributed by atoms with Crippen molar-refractivity contribution in [3.63, 3.8) is 0 Å². The number of hydrogen-bond donors (Lipinski definition) is 0. The lowest BCUT2D eigenvalue weighted by atomic mass is 9.96. The summed E-state index contributed by atoms with van der Waals surface area (Å²) in [5.74, 6) is 0. The van der Waals surface area contributed by atoms with Crippen LogP contribution >= 0.6 is 22.7 Å². The minimum Gasteiger partial charge on any atom is -0.263 e. The summed E-state index contributed by atoms with van der Waals surface area (Å²) in [6, 6.07) is 52.7. The second-order valence-corrected chi connectivity index (χ2v) is 14.8. The Bertz CT molecular complexity index is 2700.